The van der Waals surface area contributed by atoms with Gasteiger partial charge in [0.05, 0.1) is 12.7 Å². The van der Waals surface area contributed by atoms with Crippen LogP contribution in [0.2, 0.25) is 0 Å². The summed E-state index contributed by atoms with van der Waals surface area (Å²) in [5, 5.41) is 0. The molecule has 1 unspecified atom stereocenters. The Morgan fingerprint density at radius 2 is 2.29 bits per heavy atom. The van der Waals surface area contributed by atoms with Crippen molar-refractivity contribution in [3.8, 4) is 0 Å². The maximum atomic E-state index is 11.0. The van der Waals surface area contributed by atoms with Crippen molar-refractivity contribution in [3.63, 3.8) is 0 Å². The smallest absolute Gasteiger partial charge is 0.305 e. The van der Waals surface area contributed by atoms with Crippen molar-refractivity contribution >= 4 is 5.97 Å². The van der Waals surface area contributed by atoms with Gasteiger partial charge < -0.3 is 14.2 Å². The summed E-state index contributed by atoms with van der Waals surface area (Å²) in [5.41, 5.74) is 0. The zero-order valence-electron chi connectivity index (χ0n) is 8.82. The quantitative estimate of drug-likeness (QED) is 0.633. The fourth-order valence-corrected chi connectivity index (χ4v) is 1.25. The highest BCUT2D eigenvalue weighted by Crippen LogP contribution is 2.14. The van der Waals surface area contributed by atoms with Crippen LogP contribution in [0.25, 0.3) is 0 Å². The van der Waals surface area contributed by atoms with Gasteiger partial charge in [0, 0.05) is 6.42 Å². The van der Waals surface area contributed by atoms with Gasteiger partial charge in [-0.25, -0.2) is 0 Å². The minimum atomic E-state index is -0.360. The van der Waals surface area contributed by atoms with Crippen molar-refractivity contribution in [2.75, 3.05) is 13.2 Å². The van der Waals surface area contributed by atoms with Gasteiger partial charge in [0.15, 0.2) is 6.29 Å². The molecule has 1 heterocycles. The monoisotopic (exact) mass is 202 g/mol. The van der Waals surface area contributed by atoms with E-state index in [9.17, 15) is 4.79 Å². The van der Waals surface area contributed by atoms with Crippen molar-refractivity contribution in [2.45, 2.75) is 45.5 Å². The molecule has 0 saturated carbocycles. The zero-order chi connectivity index (χ0) is 10.4. The van der Waals surface area contributed by atoms with Crippen molar-refractivity contribution in [1.29, 1.82) is 0 Å². The first-order valence-corrected chi connectivity index (χ1v) is 5.19. The summed E-state index contributed by atoms with van der Waals surface area (Å²) >= 11 is 0. The third kappa shape index (κ3) is 3.64. The lowest BCUT2D eigenvalue weighted by Crippen LogP contribution is -2.20. The molecule has 0 aliphatic carbocycles. The number of esters is 1. The minimum absolute atomic E-state index is 0.157. The van der Waals surface area contributed by atoms with Gasteiger partial charge in [-0.15, -0.1) is 0 Å². The summed E-state index contributed by atoms with van der Waals surface area (Å²) in [4.78, 5) is 11.0. The number of hydrogen-bond donors (Lipinski definition) is 0. The molecule has 1 aliphatic heterocycles. The Hall–Kier alpha value is -0.610. The number of carbonyl (C=O) groups is 1. The van der Waals surface area contributed by atoms with E-state index in [2.05, 4.69) is 0 Å². The summed E-state index contributed by atoms with van der Waals surface area (Å²) < 4.78 is 15.7. The highest BCUT2D eigenvalue weighted by molar-refractivity contribution is 5.69. The molecule has 0 bridgehead atoms. The molecule has 1 saturated heterocycles. The van der Waals surface area contributed by atoms with Crippen molar-refractivity contribution < 1.29 is 19.0 Å². The maximum absolute atomic E-state index is 11.0. The largest absolute Gasteiger partial charge is 0.460 e. The van der Waals surface area contributed by atoms with E-state index < -0.39 is 0 Å². The molecule has 1 rings (SSSR count). The molecule has 2 atom stereocenters. The number of hydrogen-bond acceptors (Lipinski definition) is 4. The second-order valence-electron chi connectivity index (χ2n) is 3.36. The second kappa shape index (κ2) is 5.98. The van der Waals surface area contributed by atoms with Gasteiger partial charge in [-0.3, -0.25) is 4.79 Å². The summed E-state index contributed by atoms with van der Waals surface area (Å²) in [6.07, 6.45) is 2.00. The van der Waals surface area contributed by atoms with E-state index in [-0.39, 0.29) is 25.0 Å². The molecule has 0 radical (unpaired) electrons. The Labute approximate surface area is 84.5 Å². The van der Waals surface area contributed by atoms with E-state index in [1.807, 2.05) is 13.8 Å². The van der Waals surface area contributed by atoms with Crippen LogP contribution in [-0.4, -0.2) is 31.6 Å². The molecule has 0 aromatic carbocycles. The molecule has 4 nitrogen and oxygen atoms in total. The van der Waals surface area contributed by atoms with Gasteiger partial charge in [0.2, 0.25) is 0 Å². The topological polar surface area (TPSA) is 44.8 Å². The van der Waals surface area contributed by atoms with E-state index >= 15 is 0 Å². The molecular formula is C10H18O4. The van der Waals surface area contributed by atoms with Crippen LogP contribution in [0.4, 0.5) is 0 Å². The Morgan fingerprint density at radius 1 is 1.50 bits per heavy atom. The van der Waals surface area contributed by atoms with Crippen LogP contribution in [-0.2, 0) is 19.0 Å². The SMILES string of the molecule is CCCC(=O)OC[C@@H]1OCC(CC)O1. The molecule has 0 spiro atoms. The van der Waals surface area contributed by atoms with Gasteiger partial charge in [0.1, 0.15) is 6.61 Å². The lowest BCUT2D eigenvalue weighted by Gasteiger charge is -2.10. The molecule has 82 valence electrons. The van der Waals surface area contributed by atoms with Gasteiger partial charge in [-0.2, -0.15) is 0 Å². The van der Waals surface area contributed by atoms with Crippen molar-refractivity contribution in [2.24, 2.45) is 0 Å². The summed E-state index contributed by atoms with van der Waals surface area (Å²) in [6.45, 7) is 4.80. The molecular weight excluding hydrogens is 184 g/mol. The Morgan fingerprint density at radius 3 is 2.86 bits per heavy atom. The number of carbonyl (C=O) groups excluding carboxylic acids is 1. The van der Waals surface area contributed by atoms with E-state index in [0.29, 0.717) is 13.0 Å². The highest BCUT2D eigenvalue weighted by atomic mass is 16.7. The first-order chi connectivity index (χ1) is 6.76. The predicted molar refractivity (Wildman–Crippen MR) is 50.8 cm³/mol. The van der Waals surface area contributed by atoms with Crippen LogP contribution in [0.5, 0.6) is 0 Å². The van der Waals surface area contributed by atoms with Gasteiger partial charge >= 0.3 is 5.97 Å². The lowest BCUT2D eigenvalue weighted by atomic mass is 10.3. The predicted octanol–water partition coefficient (Wildman–Crippen LogP) is 1.48. The van der Waals surface area contributed by atoms with Crippen molar-refractivity contribution in [3.05, 3.63) is 0 Å². The Bertz CT molecular complexity index is 181. The molecule has 0 amide bonds. The average Bonchev–Trinajstić information content (AvgIpc) is 2.63. The van der Waals surface area contributed by atoms with E-state index in [0.717, 1.165) is 12.8 Å². The number of ether oxygens (including phenoxy) is 3. The number of rotatable bonds is 5. The normalized spacial score (nSPS) is 26.4. The van der Waals surface area contributed by atoms with Crippen LogP contribution in [0.1, 0.15) is 33.1 Å². The average molecular weight is 202 g/mol. The molecule has 1 aliphatic rings. The highest BCUT2D eigenvalue weighted by Gasteiger charge is 2.25. The van der Waals surface area contributed by atoms with E-state index in [1.54, 1.807) is 0 Å². The van der Waals surface area contributed by atoms with Gasteiger partial charge in [-0.05, 0) is 12.8 Å². The maximum Gasteiger partial charge on any atom is 0.305 e. The first-order valence-electron chi connectivity index (χ1n) is 5.19. The third-order valence-electron chi connectivity index (χ3n) is 2.10. The molecule has 0 N–H and O–H groups in total. The van der Waals surface area contributed by atoms with E-state index in [1.165, 1.54) is 0 Å². The molecule has 0 aromatic heterocycles. The van der Waals surface area contributed by atoms with Crippen LogP contribution < -0.4 is 0 Å². The van der Waals surface area contributed by atoms with Crippen LogP contribution >= 0.6 is 0 Å². The Kier molecular flexibility index (Phi) is 4.90. The lowest BCUT2D eigenvalue weighted by molar-refractivity contribution is -0.157. The van der Waals surface area contributed by atoms with Crippen LogP contribution in [0, 0.1) is 0 Å². The fraction of sp³-hybridized carbons (Fsp3) is 0.900. The minimum Gasteiger partial charge on any atom is -0.460 e. The van der Waals surface area contributed by atoms with Gasteiger partial charge in [0.25, 0.3) is 0 Å². The fourth-order valence-electron chi connectivity index (χ4n) is 1.25. The van der Waals surface area contributed by atoms with Crippen LogP contribution in [0.15, 0.2) is 0 Å². The molecule has 1 fully saturated rings. The molecule has 4 heteroatoms. The van der Waals surface area contributed by atoms with Crippen LogP contribution in [0.3, 0.4) is 0 Å². The standard InChI is InChI=1S/C10H18O4/c1-3-5-9(11)12-7-10-13-6-8(4-2)14-10/h8,10H,3-7H2,1-2H3/t8?,10-/m1/s1. The second-order valence-corrected chi connectivity index (χ2v) is 3.36. The molecule has 14 heavy (non-hydrogen) atoms. The van der Waals surface area contributed by atoms with Crippen molar-refractivity contribution in [1.82, 2.24) is 0 Å². The Balaban J connectivity index is 2.11. The zero-order valence-corrected chi connectivity index (χ0v) is 8.82. The summed E-state index contributed by atoms with van der Waals surface area (Å²) in [6, 6.07) is 0. The molecule has 0 aromatic rings. The van der Waals surface area contributed by atoms with E-state index in [4.69, 9.17) is 14.2 Å². The summed E-state index contributed by atoms with van der Waals surface area (Å²) in [7, 11) is 0. The third-order valence-corrected chi connectivity index (χ3v) is 2.10. The first kappa shape index (κ1) is 11.5. The summed E-state index contributed by atoms with van der Waals surface area (Å²) in [5.74, 6) is -0.181. The van der Waals surface area contributed by atoms with Gasteiger partial charge in [-0.1, -0.05) is 13.8 Å².